The number of nitrogens with two attached hydrogens (primary N) is 1. The van der Waals surface area contributed by atoms with Crippen molar-refractivity contribution in [1.82, 2.24) is 5.32 Å². The highest BCUT2D eigenvalue weighted by Crippen LogP contribution is 2.26. The molecule has 0 amide bonds. The average Bonchev–Trinajstić information content (AvgIpc) is 2.78. The van der Waals surface area contributed by atoms with Crippen molar-refractivity contribution >= 4 is 18.1 Å². The second kappa shape index (κ2) is 12.2. The topological polar surface area (TPSA) is 76.7 Å². The maximum absolute atomic E-state index is 10.6. The first-order chi connectivity index (χ1) is 14.5. The third kappa shape index (κ3) is 7.47. The molecule has 3 rings (SSSR count). The number of hydrogen-bond donors (Lipinski definition) is 3. The summed E-state index contributed by atoms with van der Waals surface area (Å²) in [5.41, 5.74) is 9.72. The molecule has 0 aliphatic heterocycles. The molecule has 0 bridgehead atoms. The van der Waals surface area contributed by atoms with Crippen molar-refractivity contribution in [2.75, 3.05) is 19.4 Å². The molecule has 0 aromatic heterocycles. The highest BCUT2D eigenvalue weighted by molar-refractivity contribution is 5.85. The summed E-state index contributed by atoms with van der Waals surface area (Å²) in [6.07, 6.45) is 0.222. The van der Waals surface area contributed by atoms with Gasteiger partial charge in [-0.05, 0) is 54.3 Å². The number of aliphatic hydroxyl groups excluding tert-OH is 1. The normalized spacial score (nSPS) is 12.5. The molecule has 0 aliphatic carbocycles. The lowest BCUT2D eigenvalue weighted by Crippen LogP contribution is -2.32. The Bertz CT molecular complexity index is 920. The van der Waals surface area contributed by atoms with Crippen molar-refractivity contribution in [3.05, 3.63) is 89.5 Å². The first kappa shape index (κ1) is 24.5. The molecule has 2 unspecified atom stereocenters. The van der Waals surface area contributed by atoms with Crippen molar-refractivity contribution in [3.8, 4) is 11.5 Å². The van der Waals surface area contributed by atoms with Crippen molar-refractivity contribution in [2.24, 2.45) is 0 Å². The van der Waals surface area contributed by atoms with Crippen LogP contribution in [-0.2, 0) is 13.0 Å². The van der Waals surface area contributed by atoms with Crippen LogP contribution >= 0.6 is 12.4 Å². The summed E-state index contributed by atoms with van der Waals surface area (Å²) in [5, 5.41) is 13.9. The molecule has 3 aromatic carbocycles. The monoisotopic (exact) mass is 442 g/mol. The van der Waals surface area contributed by atoms with Crippen LogP contribution in [0, 0.1) is 0 Å². The second-order valence-corrected chi connectivity index (χ2v) is 7.45. The van der Waals surface area contributed by atoms with E-state index in [-0.39, 0.29) is 18.4 Å². The van der Waals surface area contributed by atoms with E-state index in [1.165, 1.54) is 5.56 Å². The molecule has 31 heavy (non-hydrogen) atoms. The van der Waals surface area contributed by atoms with Crippen LogP contribution in [0.25, 0.3) is 0 Å². The summed E-state index contributed by atoms with van der Waals surface area (Å²) < 4.78 is 11.0. The molecular formula is C25H31ClN2O3. The third-order valence-corrected chi connectivity index (χ3v) is 5.02. The summed E-state index contributed by atoms with van der Waals surface area (Å²) in [6.45, 7) is 3.00. The van der Waals surface area contributed by atoms with Gasteiger partial charge in [-0.15, -0.1) is 12.4 Å². The summed E-state index contributed by atoms with van der Waals surface area (Å²) in [4.78, 5) is 0. The maximum atomic E-state index is 10.6. The van der Waals surface area contributed by atoms with Gasteiger partial charge in [-0.1, -0.05) is 48.5 Å². The Kier molecular flexibility index (Phi) is 9.66. The van der Waals surface area contributed by atoms with Crippen molar-refractivity contribution in [2.45, 2.75) is 32.1 Å². The predicted molar refractivity (Wildman–Crippen MR) is 128 cm³/mol. The highest BCUT2D eigenvalue weighted by atomic mass is 35.5. The maximum Gasteiger partial charge on any atom is 0.142 e. The molecular weight excluding hydrogens is 412 g/mol. The molecule has 0 radical (unpaired) electrons. The van der Waals surface area contributed by atoms with Crippen LogP contribution in [0.15, 0.2) is 72.8 Å². The lowest BCUT2D eigenvalue weighted by Gasteiger charge is -2.18. The Morgan fingerprint density at radius 1 is 0.968 bits per heavy atom. The van der Waals surface area contributed by atoms with E-state index >= 15 is 0 Å². The quantitative estimate of drug-likeness (QED) is 0.402. The number of ether oxygens (including phenoxy) is 2. The van der Waals surface area contributed by atoms with Gasteiger partial charge in [0.15, 0.2) is 0 Å². The van der Waals surface area contributed by atoms with Crippen LogP contribution in [0.4, 0.5) is 5.69 Å². The number of aliphatic hydroxyl groups is 1. The van der Waals surface area contributed by atoms with E-state index in [1.807, 2.05) is 54.6 Å². The van der Waals surface area contributed by atoms with Crippen LogP contribution < -0.4 is 20.5 Å². The Hall–Kier alpha value is -2.73. The van der Waals surface area contributed by atoms with Gasteiger partial charge in [-0.25, -0.2) is 0 Å². The lowest BCUT2D eigenvalue weighted by atomic mass is 10.1. The fraction of sp³-hybridized carbons (Fsp3) is 0.280. The van der Waals surface area contributed by atoms with E-state index < -0.39 is 6.10 Å². The Morgan fingerprint density at radius 2 is 1.68 bits per heavy atom. The predicted octanol–water partition coefficient (Wildman–Crippen LogP) is 4.53. The molecule has 166 valence electrons. The lowest BCUT2D eigenvalue weighted by molar-refractivity contribution is 0.170. The van der Waals surface area contributed by atoms with E-state index in [4.69, 9.17) is 15.2 Å². The minimum absolute atomic E-state index is 0. The van der Waals surface area contributed by atoms with Gasteiger partial charge in [-0.3, -0.25) is 0 Å². The third-order valence-electron chi connectivity index (χ3n) is 5.02. The van der Waals surface area contributed by atoms with Crippen molar-refractivity contribution < 1.29 is 14.6 Å². The summed E-state index contributed by atoms with van der Waals surface area (Å²) in [5.74, 6) is 1.47. The molecule has 0 saturated heterocycles. The largest absolute Gasteiger partial charge is 0.497 e. The van der Waals surface area contributed by atoms with E-state index in [9.17, 15) is 5.11 Å². The standard InChI is InChI=1S/C25H30N2O3.ClH/c1-18(14-19-8-11-22(29-2)12-9-19)27-16-24(28)21-10-13-25(23(26)15-21)30-17-20-6-4-3-5-7-20;/h3-13,15,18,24,27-28H,14,16-17,26H2,1-2H3;1H. The Morgan fingerprint density at radius 3 is 2.32 bits per heavy atom. The molecule has 6 heteroatoms. The fourth-order valence-corrected chi connectivity index (χ4v) is 3.26. The summed E-state index contributed by atoms with van der Waals surface area (Å²) in [6, 6.07) is 23.6. The summed E-state index contributed by atoms with van der Waals surface area (Å²) in [7, 11) is 1.66. The summed E-state index contributed by atoms with van der Waals surface area (Å²) >= 11 is 0. The molecule has 0 aliphatic rings. The number of methoxy groups -OCH3 is 1. The molecule has 0 heterocycles. The van der Waals surface area contributed by atoms with E-state index in [2.05, 4.69) is 24.4 Å². The van der Waals surface area contributed by atoms with Crippen LogP contribution in [0.5, 0.6) is 11.5 Å². The van der Waals surface area contributed by atoms with Gasteiger partial charge < -0.3 is 25.6 Å². The molecule has 2 atom stereocenters. The van der Waals surface area contributed by atoms with Gasteiger partial charge in [0.25, 0.3) is 0 Å². The number of nitrogens with one attached hydrogen (secondary N) is 1. The first-order valence-corrected chi connectivity index (χ1v) is 10.2. The van der Waals surface area contributed by atoms with Crippen LogP contribution in [0.2, 0.25) is 0 Å². The zero-order valence-electron chi connectivity index (χ0n) is 18.0. The van der Waals surface area contributed by atoms with Gasteiger partial charge >= 0.3 is 0 Å². The smallest absolute Gasteiger partial charge is 0.142 e. The fourth-order valence-electron chi connectivity index (χ4n) is 3.26. The number of anilines is 1. The van der Waals surface area contributed by atoms with E-state index in [0.29, 0.717) is 24.6 Å². The van der Waals surface area contributed by atoms with E-state index in [1.54, 1.807) is 13.2 Å². The van der Waals surface area contributed by atoms with Crippen LogP contribution in [-0.4, -0.2) is 24.8 Å². The van der Waals surface area contributed by atoms with Gasteiger partial charge in [0, 0.05) is 12.6 Å². The van der Waals surface area contributed by atoms with Gasteiger partial charge in [0.05, 0.1) is 18.9 Å². The highest BCUT2D eigenvalue weighted by Gasteiger charge is 2.12. The number of halogens is 1. The Balaban J connectivity index is 0.00000341. The van der Waals surface area contributed by atoms with Crippen LogP contribution in [0.1, 0.15) is 29.7 Å². The van der Waals surface area contributed by atoms with Gasteiger partial charge in [-0.2, -0.15) is 0 Å². The molecule has 0 saturated carbocycles. The molecule has 4 N–H and O–H groups in total. The molecule has 5 nitrogen and oxygen atoms in total. The second-order valence-electron chi connectivity index (χ2n) is 7.45. The minimum atomic E-state index is -0.645. The van der Waals surface area contributed by atoms with Crippen molar-refractivity contribution in [1.29, 1.82) is 0 Å². The van der Waals surface area contributed by atoms with Crippen LogP contribution in [0.3, 0.4) is 0 Å². The number of benzene rings is 3. The van der Waals surface area contributed by atoms with Crippen molar-refractivity contribution in [3.63, 3.8) is 0 Å². The number of nitrogen functional groups attached to an aromatic ring is 1. The molecule has 0 fully saturated rings. The number of rotatable bonds is 10. The van der Waals surface area contributed by atoms with Gasteiger partial charge in [0.1, 0.15) is 18.1 Å². The molecule has 0 spiro atoms. The molecule has 3 aromatic rings. The van der Waals surface area contributed by atoms with Gasteiger partial charge in [0.2, 0.25) is 0 Å². The average molecular weight is 443 g/mol. The zero-order chi connectivity index (χ0) is 21.3. The zero-order valence-corrected chi connectivity index (χ0v) is 18.8. The Labute approximate surface area is 190 Å². The first-order valence-electron chi connectivity index (χ1n) is 10.2. The van der Waals surface area contributed by atoms with E-state index in [0.717, 1.165) is 23.3 Å². The minimum Gasteiger partial charge on any atom is -0.497 e. The SMILES string of the molecule is COc1ccc(CC(C)NCC(O)c2ccc(OCc3ccccc3)c(N)c2)cc1.Cl. The number of hydrogen-bond acceptors (Lipinski definition) is 5.